The lowest BCUT2D eigenvalue weighted by Gasteiger charge is -2.30. The Kier molecular flexibility index (Phi) is 3.12. The highest BCUT2D eigenvalue weighted by Crippen LogP contribution is 2.46. The molecule has 3 rings (SSSR count). The first-order valence-electron chi connectivity index (χ1n) is 7.36. The van der Waals surface area contributed by atoms with E-state index >= 15 is 0 Å². The summed E-state index contributed by atoms with van der Waals surface area (Å²) in [6.45, 7) is 7.49. The standard InChI is InChI=1S/C16H25N/c1-12(2)15-11-16(17-9-5-6-10-17)14-8-4-3-7-13(14)15/h3-4,7-8,12-16H,5-6,9-11H2,1-2H3. The lowest BCUT2D eigenvalue weighted by Crippen LogP contribution is -2.36. The van der Waals surface area contributed by atoms with E-state index in [1.165, 1.54) is 32.4 Å². The zero-order chi connectivity index (χ0) is 11.8. The summed E-state index contributed by atoms with van der Waals surface area (Å²) in [7, 11) is 0. The molecule has 1 saturated carbocycles. The largest absolute Gasteiger partial charge is 0.300 e. The minimum atomic E-state index is 0.797. The Bertz CT molecular complexity index is 322. The molecule has 0 spiro atoms. The first-order valence-corrected chi connectivity index (χ1v) is 7.36. The third-order valence-corrected chi connectivity index (χ3v) is 5.14. The summed E-state index contributed by atoms with van der Waals surface area (Å²) in [5.74, 6) is 3.33. The molecule has 0 bridgehead atoms. The summed E-state index contributed by atoms with van der Waals surface area (Å²) in [5.41, 5.74) is 0. The van der Waals surface area contributed by atoms with Gasteiger partial charge >= 0.3 is 0 Å². The number of allylic oxidation sites excluding steroid dienone is 3. The van der Waals surface area contributed by atoms with Crippen LogP contribution in [0.2, 0.25) is 0 Å². The van der Waals surface area contributed by atoms with Gasteiger partial charge in [0.25, 0.3) is 0 Å². The average Bonchev–Trinajstić information content (AvgIpc) is 2.95. The van der Waals surface area contributed by atoms with Crippen LogP contribution in [0.3, 0.4) is 0 Å². The third-order valence-electron chi connectivity index (χ3n) is 5.14. The molecule has 1 heterocycles. The van der Waals surface area contributed by atoms with Gasteiger partial charge in [-0.2, -0.15) is 0 Å². The van der Waals surface area contributed by atoms with Crippen molar-refractivity contribution in [2.24, 2.45) is 23.7 Å². The number of nitrogens with zero attached hydrogens (tertiary/aromatic N) is 1. The molecule has 3 aliphatic rings. The van der Waals surface area contributed by atoms with Gasteiger partial charge in [-0.05, 0) is 56.0 Å². The average molecular weight is 231 g/mol. The molecule has 1 heteroatoms. The van der Waals surface area contributed by atoms with Gasteiger partial charge in [0, 0.05) is 6.04 Å². The maximum Gasteiger partial charge on any atom is 0.0167 e. The van der Waals surface area contributed by atoms with Gasteiger partial charge in [-0.15, -0.1) is 0 Å². The van der Waals surface area contributed by atoms with Crippen molar-refractivity contribution in [1.29, 1.82) is 0 Å². The van der Waals surface area contributed by atoms with E-state index in [1.807, 2.05) is 0 Å². The second-order valence-electron chi connectivity index (χ2n) is 6.38. The number of hydrogen-bond donors (Lipinski definition) is 0. The topological polar surface area (TPSA) is 3.24 Å². The van der Waals surface area contributed by atoms with E-state index in [-0.39, 0.29) is 0 Å². The summed E-state index contributed by atoms with van der Waals surface area (Å²) in [6.07, 6.45) is 13.7. The van der Waals surface area contributed by atoms with Crippen molar-refractivity contribution in [2.45, 2.75) is 39.2 Å². The minimum absolute atomic E-state index is 0.797. The molecule has 4 unspecified atom stereocenters. The first kappa shape index (κ1) is 11.5. The highest BCUT2D eigenvalue weighted by Gasteiger charge is 2.44. The molecule has 17 heavy (non-hydrogen) atoms. The highest BCUT2D eigenvalue weighted by atomic mass is 15.2. The summed E-state index contributed by atoms with van der Waals surface area (Å²) in [4.78, 5) is 2.77. The monoisotopic (exact) mass is 231 g/mol. The van der Waals surface area contributed by atoms with Crippen LogP contribution in [-0.4, -0.2) is 24.0 Å². The zero-order valence-corrected chi connectivity index (χ0v) is 11.2. The molecule has 0 radical (unpaired) electrons. The van der Waals surface area contributed by atoms with E-state index in [0.29, 0.717) is 0 Å². The van der Waals surface area contributed by atoms with Crippen molar-refractivity contribution in [3.05, 3.63) is 24.3 Å². The van der Waals surface area contributed by atoms with Crippen LogP contribution in [0, 0.1) is 23.7 Å². The molecule has 0 N–H and O–H groups in total. The molecule has 0 aromatic rings. The molecule has 4 atom stereocenters. The summed E-state index contributed by atoms with van der Waals surface area (Å²) >= 11 is 0. The van der Waals surface area contributed by atoms with Crippen molar-refractivity contribution in [3.63, 3.8) is 0 Å². The Morgan fingerprint density at radius 1 is 1.00 bits per heavy atom. The fourth-order valence-electron chi connectivity index (χ4n) is 4.23. The van der Waals surface area contributed by atoms with Crippen LogP contribution in [0.4, 0.5) is 0 Å². The Labute approximate surface area is 106 Å². The molecule has 2 fully saturated rings. The van der Waals surface area contributed by atoms with Crippen LogP contribution in [0.15, 0.2) is 24.3 Å². The van der Waals surface area contributed by atoms with E-state index in [1.54, 1.807) is 0 Å². The molecule has 1 nitrogen and oxygen atoms in total. The predicted molar refractivity (Wildman–Crippen MR) is 72.8 cm³/mol. The smallest absolute Gasteiger partial charge is 0.0167 e. The van der Waals surface area contributed by atoms with E-state index in [0.717, 1.165) is 29.7 Å². The van der Waals surface area contributed by atoms with Crippen molar-refractivity contribution < 1.29 is 0 Å². The van der Waals surface area contributed by atoms with Crippen molar-refractivity contribution in [1.82, 2.24) is 4.90 Å². The maximum atomic E-state index is 2.77. The molecule has 1 saturated heterocycles. The van der Waals surface area contributed by atoms with Crippen LogP contribution in [-0.2, 0) is 0 Å². The predicted octanol–water partition coefficient (Wildman–Crippen LogP) is 3.49. The van der Waals surface area contributed by atoms with Crippen LogP contribution >= 0.6 is 0 Å². The molecule has 2 aliphatic carbocycles. The molecule has 0 aromatic heterocycles. The van der Waals surface area contributed by atoms with Crippen molar-refractivity contribution in [2.75, 3.05) is 13.1 Å². The van der Waals surface area contributed by atoms with Gasteiger partial charge in [0.15, 0.2) is 0 Å². The Balaban J connectivity index is 1.81. The molecule has 0 amide bonds. The van der Waals surface area contributed by atoms with Gasteiger partial charge in [0.2, 0.25) is 0 Å². The van der Waals surface area contributed by atoms with Gasteiger partial charge < -0.3 is 0 Å². The quantitative estimate of drug-likeness (QED) is 0.703. The summed E-state index contributed by atoms with van der Waals surface area (Å²) in [5, 5.41) is 0. The fourth-order valence-corrected chi connectivity index (χ4v) is 4.23. The Morgan fingerprint density at radius 3 is 2.29 bits per heavy atom. The van der Waals surface area contributed by atoms with Crippen LogP contribution in [0.1, 0.15) is 33.1 Å². The van der Waals surface area contributed by atoms with Crippen molar-refractivity contribution >= 4 is 0 Å². The third kappa shape index (κ3) is 1.99. The maximum absolute atomic E-state index is 2.77. The minimum Gasteiger partial charge on any atom is -0.300 e. The summed E-state index contributed by atoms with van der Waals surface area (Å²) in [6, 6.07) is 0.830. The SMILES string of the molecule is CC(C)C1CC(N2CCCC2)C2C=CC=CC21. The van der Waals surface area contributed by atoms with E-state index in [4.69, 9.17) is 0 Å². The Morgan fingerprint density at radius 2 is 1.65 bits per heavy atom. The second kappa shape index (κ2) is 4.61. The molecule has 1 aliphatic heterocycles. The van der Waals surface area contributed by atoms with Gasteiger partial charge in [-0.3, -0.25) is 4.90 Å². The number of hydrogen-bond acceptors (Lipinski definition) is 1. The van der Waals surface area contributed by atoms with Crippen LogP contribution < -0.4 is 0 Å². The van der Waals surface area contributed by atoms with Crippen LogP contribution in [0.25, 0.3) is 0 Å². The zero-order valence-electron chi connectivity index (χ0n) is 11.2. The van der Waals surface area contributed by atoms with Gasteiger partial charge in [-0.25, -0.2) is 0 Å². The van der Waals surface area contributed by atoms with E-state index < -0.39 is 0 Å². The van der Waals surface area contributed by atoms with E-state index in [2.05, 4.69) is 43.1 Å². The Hall–Kier alpha value is -0.560. The second-order valence-corrected chi connectivity index (χ2v) is 6.38. The van der Waals surface area contributed by atoms with Gasteiger partial charge in [0.05, 0.1) is 0 Å². The van der Waals surface area contributed by atoms with Gasteiger partial charge in [-0.1, -0.05) is 38.2 Å². The number of rotatable bonds is 2. The number of fused-ring (bicyclic) bond motifs is 1. The first-order chi connectivity index (χ1) is 8.27. The molecular weight excluding hydrogens is 206 g/mol. The molecule has 94 valence electrons. The lowest BCUT2D eigenvalue weighted by atomic mass is 9.80. The highest BCUT2D eigenvalue weighted by molar-refractivity contribution is 5.21. The van der Waals surface area contributed by atoms with Crippen LogP contribution in [0.5, 0.6) is 0 Å². The lowest BCUT2D eigenvalue weighted by molar-refractivity contribution is 0.209. The summed E-state index contributed by atoms with van der Waals surface area (Å²) < 4.78 is 0. The number of likely N-dealkylation sites (tertiary alicyclic amines) is 1. The van der Waals surface area contributed by atoms with E-state index in [9.17, 15) is 0 Å². The molecule has 0 aromatic carbocycles. The van der Waals surface area contributed by atoms with Crippen molar-refractivity contribution in [3.8, 4) is 0 Å². The van der Waals surface area contributed by atoms with Gasteiger partial charge in [0.1, 0.15) is 0 Å². The fraction of sp³-hybridized carbons (Fsp3) is 0.750. The normalized spacial score (nSPS) is 41.4. The molecular formula is C16H25N.